The Bertz CT molecular complexity index is 1050. The highest BCUT2D eigenvalue weighted by molar-refractivity contribution is 6.47. The second kappa shape index (κ2) is 8.53. The number of ether oxygens (including phenoxy) is 1. The highest BCUT2D eigenvalue weighted by Gasteiger charge is 2.25. The van der Waals surface area contributed by atoms with Gasteiger partial charge >= 0.3 is 0 Å². The van der Waals surface area contributed by atoms with E-state index in [1.54, 1.807) is 30.7 Å². The number of Topliss-reactive ketones (excluding diaryl/α,β-unsaturated/α-hetero) is 1. The molecule has 1 saturated carbocycles. The van der Waals surface area contributed by atoms with Gasteiger partial charge in [0.05, 0.1) is 28.7 Å². The van der Waals surface area contributed by atoms with E-state index >= 15 is 0 Å². The number of hydrogen-bond donors (Lipinski definition) is 1. The molecule has 2 aromatic carbocycles. The maximum Gasteiger partial charge on any atom is 0.296 e. The summed E-state index contributed by atoms with van der Waals surface area (Å²) in [6.45, 7) is 3.53. The van der Waals surface area contributed by atoms with Crippen molar-refractivity contribution in [1.29, 1.82) is 0 Å². The first kappa shape index (κ1) is 19.9. The molecule has 6 heteroatoms. The smallest absolute Gasteiger partial charge is 0.296 e. The first-order chi connectivity index (χ1) is 14.5. The molecule has 30 heavy (non-hydrogen) atoms. The summed E-state index contributed by atoms with van der Waals surface area (Å²) < 4.78 is 7.62. The van der Waals surface area contributed by atoms with Crippen molar-refractivity contribution in [2.75, 3.05) is 5.32 Å². The van der Waals surface area contributed by atoms with Crippen molar-refractivity contribution in [3.05, 3.63) is 71.5 Å². The zero-order chi connectivity index (χ0) is 21.1. The fourth-order valence-electron chi connectivity index (χ4n) is 3.91. The Kier molecular flexibility index (Phi) is 5.65. The van der Waals surface area contributed by atoms with Crippen molar-refractivity contribution in [3.8, 4) is 11.4 Å². The first-order valence-electron chi connectivity index (χ1n) is 10.3. The van der Waals surface area contributed by atoms with E-state index in [2.05, 4.69) is 10.4 Å². The summed E-state index contributed by atoms with van der Waals surface area (Å²) in [7, 11) is 0. The van der Waals surface area contributed by atoms with Crippen LogP contribution in [0.3, 0.4) is 0 Å². The number of para-hydroxylation sites is 1. The number of aromatic nitrogens is 2. The molecular formula is C24H25N3O3. The van der Waals surface area contributed by atoms with Gasteiger partial charge in [0.25, 0.3) is 11.7 Å². The number of carbonyl (C=O) groups is 2. The van der Waals surface area contributed by atoms with Crippen LogP contribution in [0.5, 0.6) is 5.75 Å². The molecule has 0 atom stereocenters. The predicted molar refractivity (Wildman–Crippen MR) is 115 cm³/mol. The minimum atomic E-state index is -0.682. The normalized spacial score (nSPS) is 13.9. The van der Waals surface area contributed by atoms with Gasteiger partial charge in [-0.1, -0.05) is 18.2 Å². The predicted octanol–water partition coefficient (Wildman–Crippen LogP) is 4.63. The lowest BCUT2D eigenvalue weighted by Gasteiger charge is -2.13. The fraction of sp³-hybridized carbons (Fsp3) is 0.292. The number of rotatable bonds is 6. The number of aryl methyl sites for hydroxylation is 1. The number of nitrogens with one attached hydrogen (secondary N) is 1. The number of nitrogens with zero attached hydrogens (tertiary/aromatic N) is 2. The van der Waals surface area contributed by atoms with Crippen LogP contribution in [-0.2, 0) is 4.79 Å². The molecule has 0 aliphatic heterocycles. The molecule has 1 N–H and O–H groups in total. The Labute approximate surface area is 175 Å². The molecule has 154 valence electrons. The second-order valence-electron chi connectivity index (χ2n) is 7.63. The van der Waals surface area contributed by atoms with Crippen LogP contribution >= 0.6 is 0 Å². The lowest BCUT2D eigenvalue weighted by molar-refractivity contribution is -0.112. The van der Waals surface area contributed by atoms with Crippen molar-refractivity contribution in [2.24, 2.45) is 0 Å². The molecule has 3 aromatic rings. The molecule has 1 fully saturated rings. The molecule has 4 rings (SSSR count). The zero-order valence-electron chi connectivity index (χ0n) is 17.2. The summed E-state index contributed by atoms with van der Waals surface area (Å²) in [5.74, 6) is -0.501. The summed E-state index contributed by atoms with van der Waals surface area (Å²) >= 11 is 0. The van der Waals surface area contributed by atoms with E-state index in [-0.39, 0.29) is 6.10 Å². The molecule has 0 spiro atoms. The number of benzene rings is 2. The number of hydrogen-bond acceptors (Lipinski definition) is 4. The summed E-state index contributed by atoms with van der Waals surface area (Å²) in [4.78, 5) is 25.4. The molecule has 0 unspecified atom stereocenters. The Balaban J connectivity index is 1.46. The highest BCUT2D eigenvalue weighted by atomic mass is 16.5. The van der Waals surface area contributed by atoms with E-state index in [1.807, 2.05) is 42.5 Å². The summed E-state index contributed by atoms with van der Waals surface area (Å²) in [5, 5.41) is 7.13. The van der Waals surface area contributed by atoms with E-state index in [0.717, 1.165) is 24.3 Å². The number of carbonyl (C=O) groups excluding carboxylic acids is 2. The van der Waals surface area contributed by atoms with Gasteiger partial charge < -0.3 is 10.1 Å². The van der Waals surface area contributed by atoms with Crippen LogP contribution in [0, 0.1) is 13.8 Å². The molecule has 1 aromatic heterocycles. The van der Waals surface area contributed by atoms with Crippen LogP contribution < -0.4 is 10.1 Å². The lowest BCUT2D eigenvalue weighted by atomic mass is 10.1. The van der Waals surface area contributed by atoms with Crippen LogP contribution in [0.2, 0.25) is 0 Å². The van der Waals surface area contributed by atoms with Crippen LogP contribution in [0.25, 0.3) is 5.69 Å². The maximum absolute atomic E-state index is 12.8. The summed E-state index contributed by atoms with van der Waals surface area (Å²) in [6.07, 6.45) is 4.87. The molecule has 0 saturated heterocycles. The fourth-order valence-corrected chi connectivity index (χ4v) is 3.91. The highest BCUT2D eigenvalue weighted by Crippen LogP contribution is 2.25. The Morgan fingerprint density at radius 1 is 1.00 bits per heavy atom. The quantitative estimate of drug-likeness (QED) is 0.481. The van der Waals surface area contributed by atoms with Gasteiger partial charge in [-0.2, -0.15) is 5.10 Å². The molecule has 0 radical (unpaired) electrons. The van der Waals surface area contributed by atoms with Crippen LogP contribution in [-0.4, -0.2) is 27.6 Å². The summed E-state index contributed by atoms with van der Waals surface area (Å²) in [5.41, 5.74) is 2.89. The van der Waals surface area contributed by atoms with Crippen LogP contribution in [0.1, 0.15) is 47.4 Å². The van der Waals surface area contributed by atoms with Gasteiger partial charge in [-0.15, -0.1) is 0 Å². The van der Waals surface area contributed by atoms with Crippen LogP contribution in [0.15, 0.2) is 54.6 Å². The largest absolute Gasteiger partial charge is 0.490 e. The number of anilines is 1. The summed E-state index contributed by atoms with van der Waals surface area (Å²) in [6, 6.07) is 16.7. The van der Waals surface area contributed by atoms with E-state index in [1.165, 1.54) is 12.8 Å². The number of amides is 1. The van der Waals surface area contributed by atoms with E-state index in [9.17, 15) is 9.59 Å². The van der Waals surface area contributed by atoms with Crippen molar-refractivity contribution >= 4 is 17.4 Å². The van der Waals surface area contributed by atoms with Crippen molar-refractivity contribution in [3.63, 3.8) is 0 Å². The molecule has 1 heterocycles. The molecular weight excluding hydrogens is 378 g/mol. The van der Waals surface area contributed by atoms with Gasteiger partial charge in [-0.05, 0) is 75.9 Å². The van der Waals surface area contributed by atoms with Gasteiger partial charge in [0.1, 0.15) is 5.75 Å². The third kappa shape index (κ3) is 4.13. The van der Waals surface area contributed by atoms with Crippen LogP contribution in [0.4, 0.5) is 5.69 Å². The molecule has 0 bridgehead atoms. The topological polar surface area (TPSA) is 73.2 Å². The lowest BCUT2D eigenvalue weighted by Crippen LogP contribution is -2.24. The van der Waals surface area contributed by atoms with E-state index in [0.29, 0.717) is 22.6 Å². The standard InChI is InChI=1S/C24H25N3O3/c1-16-22(17(2)27(26-16)19-8-4-3-5-9-19)23(28)24(29)25-18-12-14-21(15-13-18)30-20-10-6-7-11-20/h3-5,8-9,12-15,20H,6-7,10-11H2,1-2H3,(H,25,29). The van der Waals surface area contributed by atoms with Crippen molar-refractivity contribution in [2.45, 2.75) is 45.6 Å². The van der Waals surface area contributed by atoms with Gasteiger partial charge in [-0.3, -0.25) is 9.59 Å². The Hall–Kier alpha value is -3.41. The third-order valence-electron chi connectivity index (χ3n) is 5.44. The third-order valence-corrected chi connectivity index (χ3v) is 5.44. The molecule has 1 amide bonds. The Morgan fingerprint density at radius 3 is 2.33 bits per heavy atom. The minimum absolute atomic E-state index is 0.277. The van der Waals surface area contributed by atoms with Gasteiger partial charge in [0, 0.05) is 5.69 Å². The average Bonchev–Trinajstić information content (AvgIpc) is 3.37. The monoisotopic (exact) mass is 403 g/mol. The second-order valence-corrected chi connectivity index (χ2v) is 7.63. The molecule has 1 aliphatic carbocycles. The zero-order valence-corrected chi connectivity index (χ0v) is 17.2. The Morgan fingerprint density at radius 2 is 1.67 bits per heavy atom. The van der Waals surface area contributed by atoms with Crippen molar-refractivity contribution in [1.82, 2.24) is 9.78 Å². The van der Waals surface area contributed by atoms with Gasteiger partial charge in [0.15, 0.2) is 0 Å². The van der Waals surface area contributed by atoms with E-state index < -0.39 is 11.7 Å². The van der Waals surface area contributed by atoms with E-state index in [4.69, 9.17) is 4.74 Å². The SMILES string of the molecule is Cc1nn(-c2ccccc2)c(C)c1C(=O)C(=O)Nc1ccc(OC2CCCC2)cc1. The number of ketones is 1. The average molecular weight is 403 g/mol. The minimum Gasteiger partial charge on any atom is -0.490 e. The molecule has 6 nitrogen and oxygen atoms in total. The molecule has 1 aliphatic rings. The van der Waals surface area contributed by atoms with Gasteiger partial charge in [0.2, 0.25) is 0 Å². The maximum atomic E-state index is 12.8. The van der Waals surface area contributed by atoms with Gasteiger partial charge in [-0.25, -0.2) is 4.68 Å². The van der Waals surface area contributed by atoms with Crippen molar-refractivity contribution < 1.29 is 14.3 Å². The first-order valence-corrected chi connectivity index (χ1v) is 10.3.